The number of aromatic nitrogens is 1. The number of fused-ring (bicyclic) bond motifs is 3. The highest BCUT2D eigenvalue weighted by molar-refractivity contribution is 6.45. The van der Waals surface area contributed by atoms with Crippen molar-refractivity contribution in [3.8, 4) is 0 Å². The molecule has 138 valence electrons. The molecule has 4 rings (SSSR count). The largest absolute Gasteiger partial charge is 0.387 e. The minimum Gasteiger partial charge on any atom is -0.387 e. The zero-order chi connectivity index (χ0) is 18.4. The lowest BCUT2D eigenvalue weighted by Gasteiger charge is -2.27. The van der Waals surface area contributed by atoms with Gasteiger partial charge in [0.15, 0.2) is 0 Å². The molecule has 1 aromatic heterocycles. The van der Waals surface area contributed by atoms with E-state index in [-0.39, 0.29) is 5.91 Å². The van der Waals surface area contributed by atoms with Gasteiger partial charge >= 0.3 is 0 Å². The molecule has 0 atom stereocenters. The van der Waals surface area contributed by atoms with E-state index in [1.54, 1.807) is 4.90 Å². The average molecular weight is 394 g/mol. The van der Waals surface area contributed by atoms with E-state index >= 15 is 0 Å². The molecule has 7 heteroatoms. The summed E-state index contributed by atoms with van der Waals surface area (Å²) in [5.74, 6) is -0.245. The van der Waals surface area contributed by atoms with Crippen molar-refractivity contribution < 1.29 is 9.90 Å². The zero-order valence-corrected chi connectivity index (χ0v) is 16.1. The summed E-state index contributed by atoms with van der Waals surface area (Å²) in [4.78, 5) is 19.4. The molecule has 2 N–H and O–H groups in total. The van der Waals surface area contributed by atoms with E-state index in [0.29, 0.717) is 29.6 Å². The van der Waals surface area contributed by atoms with E-state index in [0.717, 1.165) is 47.2 Å². The fourth-order valence-electron chi connectivity index (χ4n) is 3.92. The molecule has 1 aromatic carbocycles. The van der Waals surface area contributed by atoms with Crippen LogP contribution in [0.25, 0.3) is 16.5 Å². The Hall–Kier alpha value is -1.53. The van der Waals surface area contributed by atoms with Gasteiger partial charge in [0.25, 0.3) is 0 Å². The van der Waals surface area contributed by atoms with E-state index in [2.05, 4.69) is 23.0 Å². The lowest BCUT2D eigenvalue weighted by atomic mass is 9.93. The number of nitrogens with zero attached hydrogens (tertiary/aromatic N) is 2. The second kappa shape index (κ2) is 6.89. The van der Waals surface area contributed by atoms with Crippen molar-refractivity contribution in [2.45, 2.75) is 19.4 Å². The van der Waals surface area contributed by atoms with Crippen LogP contribution in [0.3, 0.4) is 0 Å². The average Bonchev–Trinajstić information content (AvgIpc) is 3.04. The topological polar surface area (TPSA) is 59.6 Å². The van der Waals surface area contributed by atoms with Gasteiger partial charge in [0, 0.05) is 49.2 Å². The summed E-state index contributed by atoms with van der Waals surface area (Å²) in [7, 11) is 2.11. The fraction of sp³-hybridized carbons (Fsp3) is 0.421. The Morgan fingerprint density at radius 2 is 2.12 bits per heavy atom. The van der Waals surface area contributed by atoms with Crippen molar-refractivity contribution in [1.82, 2.24) is 14.8 Å². The first-order valence-electron chi connectivity index (χ1n) is 8.77. The number of likely N-dealkylation sites (N-methyl/N-ethyl adjacent to an activating group) is 1. The van der Waals surface area contributed by atoms with E-state index in [4.69, 9.17) is 23.2 Å². The highest BCUT2D eigenvalue weighted by Crippen LogP contribution is 2.41. The molecule has 2 aliphatic heterocycles. The Morgan fingerprint density at radius 3 is 2.81 bits per heavy atom. The molecule has 0 unspecified atom stereocenters. The van der Waals surface area contributed by atoms with Crippen molar-refractivity contribution >= 4 is 45.6 Å². The van der Waals surface area contributed by atoms with Gasteiger partial charge in [0.1, 0.15) is 6.61 Å². The highest BCUT2D eigenvalue weighted by atomic mass is 35.5. The van der Waals surface area contributed by atoms with Gasteiger partial charge in [-0.1, -0.05) is 29.3 Å². The number of aromatic amines is 1. The van der Waals surface area contributed by atoms with Crippen LogP contribution < -0.4 is 0 Å². The number of H-pyrrole nitrogens is 1. The summed E-state index contributed by atoms with van der Waals surface area (Å²) in [5, 5.41) is 11.3. The van der Waals surface area contributed by atoms with Crippen molar-refractivity contribution in [2.24, 2.45) is 0 Å². The first-order valence-corrected chi connectivity index (χ1v) is 9.53. The van der Waals surface area contributed by atoms with Gasteiger partial charge in [-0.3, -0.25) is 4.79 Å². The quantitative estimate of drug-likeness (QED) is 0.823. The summed E-state index contributed by atoms with van der Waals surface area (Å²) < 4.78 is 0. The third kappa shape index (κ3) is 2.93. The predicted octanol–water partition coefficient (Wildman–Crippen LogP) is 3.07. The van der Waals surface area contributed by atoms with Gasteiger partial charge in [-0.15, -0.1) is 0 Å². The fourth-order valence-corrected chi connectivity index (χ4v) is 4.32. The number of amides is 1. The molecular formula is C19H21Cl2N3O2. The molecule has 3 heterocycles. The maximum Gasteiger partial charge on any atom is 0.248 e. The van der Waals surface area contributed by atoms with Crippen LogP contribution in [0.5, 0.6) is 0 Å². The van der Waals surface area contributed by atoms with E-state index < -0.39 is 6.61 Å². The van der Waals surface area contributed by atoms with Crippen molar-refractivity contribution in [2.75, 3.05) is 33.3 Å². The lowest BCUT2D eigenvalue weighted by Crippen LogP contribution is -2.37. The summed E-state index contributed by atoms with van der Waals surface area (Å²) in [6.45, 7) is 2.50. The molecule has 0 saturated carbocycles. The SMILES string of the molecule is CN1CC=C(c2cc(Cl)c(Cl)c3[nH]c4c(c23)CN(C(=O)CO)CC4)CC1. The molecule has 0 radical (unpaired) electrons. The number of hydrogen-bond donors (Lipinski definition) is 2. The number of carbonyl (C=O) groups excluding carboxylic acids is 1. The number of hydrogen-bond acceptors (Lipinski definition) is 3. The van der Waals surface area contributed by atoms with Gasteiger partial charge in [-0.2, -0.15) is 0 Å². The van der Waals surface area contributed by atoms with Crippen LogP contribution in [0.4, 0.5) is 0 Å². The van der Waals surface area contributed by atoms with Gasteiger partial charge in [-0.25, -0.2) is 0 Å². The highest BCUT2D eigenvalue weighted by Gasteiger charge is 2.27. The number of nitrogens with one attached hydrogen (secondary N) is 1. The molecule has 0 bridgehead atoms. The molecule has 26 heavy (non-hydrogen) atoms. The molecule has 1 amide bonds. The Bertz CT molecular complexity index is 919. The number of aliphatic hydroxyl groups is 1. The van der Waals surface area contributed by atoms with Crippen molar-refractivity contribution in [1.29, 1.82) is 0 Å². The van der Waals surface area contributed by atoms with Gasteiger partial charge in [0.2, 0.25) is 5.91 Å². The minimum atomic E-state index is -0.464. The lowest BCUT2D eigenvalue weighted by molar-refractivity contribution is -0.135. The molecular weight excluding hydrogens is 373 g/mol. The molecule has 0 aliphatic carbocycles. The number of aliphatic hydroxyl groups excluding tert-OH is 1. The molecule has 2 aliphatic rings. The second-order valence-electron chi connectivity index (χ2n) is 7.02. The predicted molar refractivity (Wildman–Crippen MR) is 105 cm³/mol. The minimum absolute atomic E-state index is 0.245. The Morgan fingerprint density at radius 1 is 1.31 bits per heavy atom. The van der Waals surface area contributed by atoms with E-state index in [1.807, 2.05) is 6.07 Å². The van der Waals surface area contributed by atoms with Crippen LogP contribution in [0, 0.1) is 0 Å². The number of carbonyl (C=O) groups is 1. The first kappa shape index (κ1) is 17.9. The second-order valence-corrected chi connectivity index (χ2v) is 7.80. The Labute approximate surface area is 162 Å². The van der Waals surface area contributed by atoms with Crippen molar-refractivity contribution in [3.05, 3.63) is 39.0 Å². The Balaban J connectivity index is 1.89. The molecule has 0 spiro atoms. The molecule has 2 aromatic rings. The van der Waals surface area contributed by atoms with Crippen LogP contribution in [-0.4, -0.2) is 59.1 Å². The third-order valence-electron chi connectivity index (χ3n) is 5.39. The molecule has 5 nitrogen and oxygen atoms in total. The normalized spacial score (nSPS) is 18.2. The van der Waals surface area contributed by atoms with Crippen LogP contribution >= 0.6 is 23.2 Å². The first-order chi connectivity index (χ1) is 12.5. The number of benzene rings is 1. The Kier molecular flexibility index (Phi) is 4.73. The standard InChI is InChI=1S/C19H21Cl2N3O2/c1-23-5-2-11(3-6-23)12-8-14(20)18(21)19-17(12)13-9-24(16(26)10-25)7-4-15(13)22-19/h2,8,22,25H,3-7,9-10H2,1H3. The van der Waals surface area contributed by atoms with Crippen LogP contribution in [0.15, 0.2) is 12.1 Å². The zero-order valence-electron chi connectivity index (χ0n) is 14.6. The van der Waals surface area contributed by atoms with E-state index in [1.165, 1.54) is 5.57 Å². The van der Waals surface area contributed by atoms with Crippen LogP contribution in [-0.2, 0) is 17.8 Å². The number of rotatable bonds is 2. The third-order valence-corrected chi connectivity index (χ3v) is 6.18. The van der Waals surface area contributed by atoms with E-state index in [9.17, 15) is 9.90 Å². The van der Waals surface area contributed by atoms with Crippen molar-refractivity contribution in [3.63, 3.8) is 0 Å². The summed E-state index contributed by atoms with van der Waals surface area (Å²) in [5.41, 5.74) is 5.39. The molecule has 0 fully saturated rings. The van der Waals surface area contributed by atoms with Crippen LogP contribution in [0.2, 0.25) is 10.0 Å². The molecule has 0 saturated heterocycles. The summed E-state index contributed by atoms with van der Waals surface area (Å²) in [6.07, 6.45) is 3.90. The number of halogens is 2. The monoisotopic (exact) mass is 393 g/mol. The summed E-state index contributed by atoms with van der Waals surface area (Å²) in [6, 6.07) is 1.95. The smallest absolute Gasteiger partial charge is 0.248 e. The van der Waals surface area contributed by atoms with Crippen LogP contribution in [0.1, 0.15) is 23.2 Å². The summed E-state index contributed by atoms with van der Waals surface area (Å²) >= 11 is 12.9. The van der Waals surface area contributed by atoms with Gasteiger partial charge in [-0.05, 0) is 30.7 Å². The maximum absolute atomic E-state index is 12.0. The van der Waals surface area contributed by atoms with Gasteiger partial charge in [0.05, 0.1) is 15.6 Å². The maximum atomic E-state index is 12.0. The van der Waals surface area contributed by atoms with Gasteiger partial charge < -0.3 is 19.9 Å².